The summed E-state index contributed by atoms with van der Waals surface area (Å²) in [7, 11) is 0. The van der Waals surface area contributed by atoms with E-state index in [0.29, 0.717) is 27.4 Å². The monoisotopic (exact) mass is 353 g/mol. The van der Waals surface area contributed by atoms with Crippen LogP contribution in [0.25, 0.3) is 21.8 Å². The first kappa shape index (κ1) is 15.3. The Labute approximate surface area is 148 Å². The van der Waals surface area contributed by atoms with Crippen LogP contribution in [0.1, 0.15) is 5.56 Å². The van der Waals surface area contributed by atoms with E-state index in [4.69, 9.17) is 23.2 Å². The Morgan fingerprint density at radius 3 is 1.96 bits per heavy atom. The molecule has 0 aliphatic rings. The van der Waals surface area contributed by atoms with Crippen molar-refractivity contribution in [3.05, 3.63) is 92.6 Å². The number of nitrogens with zero attached hydrogens (tertiary/aromatic N) is 1. The molecule has 4 heteroatoms. The Hall–Kier alpha value is -2.29. The van der Waals surface area contributed by atoms with Gasteiger partial charge in [0, 0.05) is 27.4 Å². The maximum Gasteiger partial charge on any atom is 0.197 e. The van der Waals surface area contributed by atoms with Gasteiger partial charge in [-0.15, -0.1) is 0 Å². The third-order valence-corrected chi connectivity index (χ3v) is 4.81. The first-order valence-electron chi connectivity index (χ1n) is 7.59. The maximum atomic E-state index is 12.7. The van der Waals surface area contributed by atoms with Gasteiger partial charge in [-0.25, -0.2) is 0 Å². The van der Waals surface area contributed by atoms with Gasteiger partial charge in [0.1, 0.15) is 0 Å². The van der Waals surface area contributed by atoms with Gasteiger partial charge in [-0.1, -0.05) is 53.5 Å². The van der Waals surface area contributed by atoms with Crippen molar-refractivity contribution in [2.45, 2.75) is 6.54 Å². The highest BCUT2D eigenvalue weighted by Gasteiger charge is 2.11. The number of rotatable bonds is 2. The minimum atomic E-state index is 0.0552. The van der Waals surface area contributed by atoms with E-state index in [9.17, 15) is 4.79 Å². The Morgan fingerprint density at radius 2 is 1.38 bits per heavy atom. The molecule has 0 aliphatic heterocycles. The number of hydrogen-bond acceptors (Lipinski definition) is 1. The molecular weight excluding hydrogens is 341 g/mol. The van der Waals surface area contributed by atoms with Crippen LogP contribution < -0.4 is 5.43 Å². The predicted molar refractivity (Wildman–Crippen MR) is 101 cm³/mol. The molecule has 0 N–H and O–H groups in total. The van der Waals surface area contributed by atoms with Gasteiger partial charge < -0.3 is 4.57 Å². The van der Waals surface area contributed by atoms with Crippen LogP contribution in [-0.2, 0) is 6.54 Å². The largest absolute Gasteiger partial charge is 0.336 e. The molecule has 0 fully saturated rings. The zero-order valence-electron chi connectivity index (χ0n) is 12.7. The molecule has 1 heterocycles. The Kier molecular flexibility index (Phi) is 3.79. The van der Waals surface area contributed by atoms with Crippen LogP contribution in [-0.4, -0.2) is 4.57 Å². The lowest BCUT2D eigenvalue weighted by Crippen LogP contribution is -2.12. The van der Waals surface area contributed by atoms with Crippen molar-refractivity contribution in [2.24, 2.45) is 0 Å². The average Bonchev–Trinajstić information content (AvgIpc) is 2.60. The lowest BCUT2D eigenvalue weighted by atomic mass is 10.1. The highest BCUT2D eigenvalue weighted by atomic mass is 35.5. The van der Waals surface area contributed by atoms with Gasteiger partial charge in [0.15, 0.2) is 5.43 Å². The topological polar surface area (TPSA) is 22.0 Å². The van der Waals surface area contributed by atoms with E-state index in [-0.39, 0.29) is 5.43 Å². The van der Waals surface area contributed by atoms with Crippen molar-refractivity contribution < 1.29 is 0 Å². The third-order valence-electron chi connectivity index (χ3n) is 4.22. The number of benzene rings is 3. The Balaban J connectivity index is 2.05. The SMILES string of the molecule is O=c1c2ccccc2n(Cc2ccc(Cl)cc2Cl)c2ccccc12. The summed E-state index contributed by atoms with van der Waals surface area (Å²) in [6, 6.07) is 20.8. The molecular formula is C20H13Cl2NO. The lowest BCUT2D eigenvalue weighted by Gasteiger charge is -2.16. The van der Waals surface area contributed by atoms with Crippen molar-refractivity contribution in [2.75, 3.05) is 0 Å². The zero-order valence-corrected chi connectivity index (χ0v) is 14.2. The molecule has 0 saturated carbocycles. The van der Waals surface area contributed by atoms with Crippen LogP contribution in [0.5, 0.6) is 0 Å². The molecule has 0 aliphatic carbocycles. The van der Waals surface area contributed by atoms with E-state index in [1.165, 1.54) is 0 Å². The number of fused-ring (bicyclic) bond motifs is 2. The molecule has 4 rings (SSSR count). The summed E-state index contributed by atoms with van der Waals surface area (Å²) in [5.41, 5.74) is 2.80. The minimum Gasteiger partial charge on any atom is -0.336 e. The molecule has 118 valence electrons. The van der Waals surface area contributed by atoms with Gasteiger partial charge in [0.05, 0.1) is 11.0 Å². The average molecular weight is 354 g/mol. The summed E-state index contributed by atoms with van der Waals surface area (Å²) in [4.78, 5) is 12.7. The van der Waals surface area contributed by atoms with E-state index in [0.717, 1.165) is 16.6 Å². The number of pyridine rings is 1. The second kappa shape index (κ2) is 5.97. The molecule has 24 heavy (non-hydrogen) atoms. The number of para-hydroxylation sites is 2. The van der Waals surface area contributed by atoms with Crippen molar-refractivity contribution >= 4 is 45.0 Å². The quantitative estimate of drug-likeness (QED) is 0.435. The Bertz CT molecular complexity index is 1070. The fourth-order valence-electron chi connectivity index (χ4n) is 3.07. The van der Waals surface area contributed by atoms with Crippen LogP contribution in [0.2, 0.25) is 10.0 Å². The molecule has 0 unspecified atom stereocenters. The first-order valence-corrected chi connectivity index (χ1v) is 8.35. The minimum absolute atomic E-state index is 0.0552. The van der Waals surface area contributed by atoms with Crippen molar-refractivity contribution in [1.29, 1.82) is 0 Å². The van der Waals surface area contributed by atoms with Crippen LogP contribution in [0.15, 0.2) is 71.5 Å². The van der Waals surface area contributed by atoms with Crippen LogP contribution >= 0.6 is 23.2 Å². The van der Waals surface area contributed by atoms with E-state index >= 15 is 0 Å². The summed E-state index contributed by atoms with van der Waals surface area (Å²) in [6.45, 7) is 0.567. The van der Waals surface area contributed by atoms with Crippen LogP contribution in [0, 0.1) is 0 Å². The molecule has 0 amide bonds. The molecule has 0 saturated heterocycles. The van der Waals surface area contributed by atoms with Crippen molar-refractivity contribution in [3.63, 3.8) is 0 Å². The maximum absolute atomic E-state index is 12.7. The van der Waals surface area contributed by atoms with Gasteiger partial charge in [0.2, 0.25) is 0 Å². The number of aromatic nitrogens is 1. The highest BCUT2D eigenvalue weighted by Crippen LogP contribution is 2.25. The summed E-state index contributed by atoms with van der Waals surface area (Å²) in [5, 5.41) is 2.65. The van der Waals surface area contributed by atoms with Gasteiger partial charge >= 0.3 is 0 Å². The molecule has 4 aromatic rings. The second-order valence-electron chi connectivity index (χ2n) is 5.69. The first-order chi connectivity index (χ1) is 11.6. The zero-order chi connectivity index (χ0) is 16.7. The van der Waals surface area contributed by atoms with E-state index < -0.39 is 0 Å². The molecule has 0 bridgehead atoms. The summed E-state index contributed by atoms with van der Waals surface area (Å²) < 4.78 is 2.13. The van der Waals surface area contributed by atoms with E-state index in [2.05, 4.69) is 4.57 Å². The predicted octanol–water partition coefficient (Wildman–Crippen LogP) is 5.51. The second-order valence-corrected chi connectivity index (χ2v) is 6.53. The van der Waals surface area contributed by atoms with Gasteiger partial charge in [-0.2, -0.15) is 0 Å². The normalized spacial score (nSPS) is 11.2. The number of hydrogen-bond donors (Lipinski definition) is 0. The fourth-order valence-corrected chi connectivity index (χ4v) is 3.54. The lowest BCUT2D eigenvalue weighted by molar-refractivity contribution is 0.862. The van der Waals surface area contributed by atoms with E-state index in [1.54, 1.807) is 6.07 Å². The molecule has 1 aromatic heterocycles. The highest BCUT2D eigenvalue weighted by molar-refractivity contribution is 6.35. The van der Waals surface area contributed by atoms with Gasteiger partial charge in [-0.05, 0) is 42.0 Å². The van der Waals surface area contributed by atoms with Crippen LogP contribution in [0.3, 0.4) is 0 Å². The number of halogens is 2. The summed E-state index contributed by atoms with van der Waals surface area (Å²) in [6.07, 6.45) is 0. The smallest absolute Gasteiger partial charge is 0.197 e. The van der Waals surface area contributed by atoms with Crippen LogP contribution in [0.4, 0.5) is 0 Å². The van der Waals surface area contributed by atoms with Crippen molar-refractivity contribution in [3.8, 4) is 0 Å². The molecule has 3 aromatic carbocycles. The third kappa shape index (κ3) is 2.48. The van der Waals surface area contributed by atoms with Gasteiger partial charge in [-0.3, -0.25) is 4.79 Å². The standard InChI is InChI=1S/C20H13Cl2NO/c21-14-10-9-13(17(22)11-14)12-23-18-7-3-1-5-15(18)20(24)16-6-2-4-8-19(16)23/h1-11H,12H2. The fraction of sp³-hybridized carbons (Fsp3) is 0.0500. The molecule has 2 nitrogen and oxygen atoms in total. The Morgan fingerprint density at radius 1 is 0.792 bits per heavy atom. The molecule has 0 atom stereocenters. The summed E-state index contributed by atoms with van der Waals surface area (Å²) >= 11 is 12.4. The van der Waals surface area contributed by atoms with Crippen molar-refractivity contribution in [1.82, 2.24) is 4.57 Å². The molecule has 0 spiro atoms. The summed E-state index contributed by atoms with van der Waals surface area (Å²) in [5.74, 6) is 0. The van der Waals surface area contributed by atoms with Gasteiger partial charge in [0.25, 0.3) is 0 Å². The molecule has 0 radical (unpaired) electrons. The van der Waals surface area contributed by atoms with E-state index in [1.807, 2.05) is 60.7 Å².